The fourth-order valence-corrected chi connectivity index (χ4v) is 2.50. The maximum atomic E-state index is 14.0. The maximum Gasteiger partial charge on any atom is 0.344 e. The van der Waals surface area contributed by atoms with Crippen LogP contribution in [0.3, 0.4) is 0 Å². The van der Waals surface area contributed by atoms with Crippen LogP contribution in [0, 0.1) is 5.82 Å². The summed E-state index contributed by atoms with van der Waals surface area (Å²) in [5.74, 6) is -0.762. The Bertz CT molecular complexity index is 943. The molecule has 0 saturated carbocycles. The SMILES string of the molecule is COc1ccc(/C=C/C(=O)c2ccc(F)c(OCC(=O)OC(C)(C)C)c2)cc1OC. The highest BCUT2D eigenvalue weighted by Crippen LogP contribution is 2.28. The Morgan fingerprint density at radius 1 is 0.967 bits per heavy atom. The van der Waals surface area contributed by atoms with Gasteiger partial charge in [0.1, 0.15) is 5.60 Å². The molecule has 0 atom stereocenters. The number of halogens is 1. The number of allylic oxidation sites excluding steroid dienone is 1. The monoisotopic (exact) mass is 416 g/mol. The molecule has 0 N–H and O–H groups in total. The zero-order valence-electron chi connectivity index (χ0n) is 17.7. The van der Waals surface area contributed by atoms with Gasteiger partial charge in [0, 0.05) is 5.56 Å². The predicted molar refractivity (Wildman–Crippen MR) is 111 cm³/mol. The van der Waals surface area contributed by atoms with Gasteiger partial charge in [0.05, 0.1) is 14.2 Å². The number of benzene rings is 2. The number of esters is 1. The second-order valence-corrected chi connectivity index (χ2v) is 7.33. The first-order valence-electron chi connectivity index (χ1n) is 9.21. The summed E-state index contributed by atoms with van der Waals surface area (Å²) >= 11 is 0. The molecule has 30 heavy (non-hydrogen) atoms. The molecule has 0 aliphatic rings. The number of ketones is 1. The van der Waals surface area contributed by atoms with Crippen LogP contribution in [0.1, 0.15) is 36.7 Å². The van der Waals surface area contributed by atoms with Gasteiger partial charge in [0.25, 0.3) is 0 Å². The van der Waals surface area contributed by atoms with E-state index in [2.05, 4.69) is 0 Å². The van der Waals surface area contributed by atoms with Gasteiger partial charge in [-0.15, -0.1) is 0 Å². The highest BCUT2D eigenvalue weighted by atomic mass is 19.1. The molecule has 6 nitrogen and oxygen atoms in total. The average molecular weight is 416 g/mol. The lowest BCUT2D eigenvalue weighted by Crippen LogP contribution is -2.27. The van der Waals surface area contributed by atoms with Crippen molar-refractivity contribution in [3.63, 3.8) is 0 Å². The van der Waals surface area contributed by atoms with Crippen LogP contribution in [0.2, 0.25) is 0 Å². The highest BCUT2D eigenvalue weighted by Gasteiger charge is 2.17. The van der Waals surface area contributed by atoms with Crippen molar-refractivity contribution in [2.75, 3.05) is 20.8 Å². The molecule has 2 rings (SSSR count). The molecule has 0 unspecified atom stereocenters. The fraction of sp³-hybridized carbons (Fsp3) is 0.304. The summed E-state index contributed by atoms with van der Waals surface area (Å²) in [6, 6.07) is 8.93. The van der Waals surface area contributed by atoms with Crippen molar-refractivity contribution < 1.29 is 32.9 Å². The minimum Gasteiger partial charge on any atom is -0.493 e. The highest BCUT2D eigenvalue weighted by molar-refractivity contribution is 6.07. The first-order valence-corrected chi connectivity index (χ1v) is 9.21. The van der Waals surface area contributed by atoms with Crippen molar-refractivity contribution in [3.8, 4) is 17.2 Å². The number of carbonyl (C=O) groups excluding carboxylic acids is 2. The van der Waals surface area contributed by atoms with E-state index in [4.69, 9.17) is 18.9 Å². The standard InChI is InChI=1S/C23H25FO6/c1-23(2,3)30-22(26)14-29-20-13-16(8-9-17(20)24)18(25)10-6-15-7-11-19(27-4)21(12-15)28-5/h6-13H,14H2,1-5H3/b10-6+. The summed E-state index contributed by atoms with van der Waals surface area (Å²) in [6.45, 7) is 4.69. The summed E-state index contributed by atoms with van der Waals surface area (Å²) in [6.07, 6.45) is 2.96. The molecule has 0 bridgehead atoms. The second kappa shape index (κ2) is 9.91. The minimum atomic E-state index is -0.682. The van der Waals surface area contributed by atoms with Crippen molar-refractivity contribution in [2.45, 2.75) is 26.4 Å². The van der Waals surface area contributed by atoms with E-state index < -0.39 is 24.0 Å². The molecule has 0 aliphatic heterocycles. The van der Waals surface area contributed by atoms with Crippen molar-refractivity contribution in [2.24, 2.45) is 0 Å². The van der Waals surface area contributed by atoms with E-state index in [0.29, 0.717) is 11.5 Å². The van der Waals surface area contributed by atoms with Crippen LogP contribution in [0.4, 0.5) is 4.39 Å². The molecule has 2 aromatic rings. The van der Waals surface area contributed by atoms with Crippen LogP contribution >= 0.6 is 0 Å². The van der Waals surface area contributed by atoms with E-state index in [1.807, 2.05) is 0 Å². The molecule has 0 radical (unpaired) electrons. The fourth-order valence-electron chi connectivity index (χ4n) is 2.50. The number of methoxy groups -OCH3 is 2. The van der Waals surface area contributed by atoms with Crippen molar-refractivity contribution in [1.82, 2.24) is 0 Å². The van der Waals surface area contributed by atoms with Crippen LogP contribution in [-0.2, 0) is 9.53 Å². The molecular weight excluding hydrogens is 391 g/mol. The molecule has 0 spiro atoms. The summed E-state index contributed by atoms with van der Waals surface area (Å²) in [4.78, 5) is 24.2. The van der Waals surface area contributed by atoms with Crippen LogP contribution in [0.5, 0.6) is 17.2 Å². The lowest BCUT2D eigenvalue weighted by Gasteiger charge is -2.19. The van der Waals surface area contributed by atoms with Gasteiger partial charge in [0.2, 0.25) is 0 Å². The maximum absolute atomic E-state index is 14.0. The Labute approximate surface area is 175 Å². The first-order chi connectivity index (χ1) is 14.1. The third-order valence-corrected chi connectivity index (χ3v) is 3.82. The van der Waals surface area contributed by atoms with Gasteiger partial charge in [-0.3, -0.25) is 4.79 Å². The molecule has 0 amide bonds. The quantitative estimate of drug-likeness (QED) is 0.359. The predicted octanol–water partition coefficient (Wildman–Crippen LogP) is 4.46. The lowest BCUT2D eigenvalue weighted by molar-refractivity contribution is -0.157. The average Bonchev–Trinajstić information content (AvgIpc) is 2.69. The van der Waals surface area contributed by atoms with E-state index >= 15 is 0 Å². The Morgan fingerprint density at radius 2 is 1.67 bits per heavy atom. The summed E-state index contributed by atoms with van der Waals surface area (Å²) in [5.41, 5.74) is 0.267. The largest absolute Gasteiger partial charge is 0.493 e. The molecule has 2 aromatic carbocycles. The molecule has 0 fully saturated rings. The van der Waals surface area contributed by atoms with Gasteiger partial charge in [-0.25, -0.2) is 9.18 Å². The van der Waals surface area contributed by atoms with Gasteiger partial charge < -0.3 is 18.9 Å². The van der Waals surface area contributed by atoms with E-state index in [0.717, 1.165) is 11.6 Å². The lowest BCUT2D eigenvalue weighted by atomic mass is 10.1. The van der Waals surface area contributed by atoms with Crippen LogP contribution in [0.15, 0.2) is 42.5 Å². The molecule has 0 heterocycles. The zero-order valence-corrected chi connectivity index (χ0v) is 17.7. The van der Waals surface area contributed by atoms with Gasteiger partial charge in [-0.2, -0.15) is 0 Å². The Balaban J connectivity index is 2.10. The second-order valence-electron chi connectivity index (χ2n) is 7.33. The summed E-state index contributed by atoms with van der Waals surface area (Å²) < 4.78 is 34.7. The molecule has 0 aliphatic carbocycles. The molecular formula is C23H25FO6. The number of rotatable bonds is 8. The van der Waals surface area contributed by atoms with Gasteiger partial charge in [-0.1, -0.05) is 12.1 Å². The Morgan fingerprint density at radius 3 is 2.30 bits per heavy atom. The van der Waals surface area contributed by atoms with Crippen molar-refractivity contribution in [3.05, 3.63) is 59.4 Å². The topological polar surface area (TPSA) is 71.1 Å². The zero-order chi connectivity index (χ0) is 22.3. The van der Waals surface area contributed by atoms with Crippen molar-refractivity contribution >= 4 is 17.8 Å². The van der Waals surface area contributed by atoms with Crippen molar-refractivity contribution in [1.29, 1.82) is 0 Å². The third kappa shape index (κ3) is 6.62. The Kier molecular flexibility index (Phi) is 7.58. The van der Waals surface area contributed by atoms with Gasteiger partial charge in [0.15, 0.2) is 35.5 Å². The van der Waals surface area contributed by atoms with Gasteiger partial charge >= 0.3 is 5.97 Å². The molecule has 0 saturated heterocycles. The number of hydrogen-bond donors (Lipinski definition) is 0. The first kappa shape index (κ1) is 22.9. The summed E-state index contributed by atoms with van der Waals surface area (Å²) in [7, 11) is 3.06. The smallest absolute Gasteiger partial charge is 0.344 e. The molecule has 7 heteroatoms. The van der Waals surface area contributed by atoms with E-state index in [-0.39, 0.29) is 17.1 Å². The van der Waals surface area contributed by atoms with E-state index in [1.165, 1.54) is 32.4 Å². The van der Waals surface area contributed by atoms with Crippen LogP contribution < -0.4 is 14.2 Å². The number of hydrogen-bond acceptors (Lipinski definition) is 6. The normalized spacial score (nSPS) is 11.3. The third-order valence-electron chi connectivity index (χ3n) is 3.82. The molecule has 0 aromatic heterocycles. The molecule has 160 valence electrons. The van der Waals surface area contributed by atoms with E-state index in [9.17, 15) is 14.0 Å². The summed E-state index contributed by atoms with van der Waals surface area (Å²) in [5, 5.41) is 0. The van der Waals surface area contributed by atoms with Crippen LogP contribution in [-0.4, -0.2) is 38.2 Å². The van der Waals surface area contributed by atoms with Crippen LogP contribution in [0.25, 0.3) is 6.08 Å². The van der Waals surface area contributed by atoms with Gasteiger partial charge in [-0.05, 0) is 62.7 Å². The number of ether oxygens (including phenoxy) is 4. The Hall–Kier alpha value is -3.35. The minimum absolute atomic E-state index is 0.203. The van der Waals surface area contributed by atoms with E-state index in [1.54, 1.807) is 45.0 Å². The number of carbonyl (C=O) groups is 2.